The Labute approximate surface area is 107 Å². The van der Waals surface area contributed by atoms with Crippen LogP contribution in [0.15, 0.2) is 22.6 Å². The van der Waals surface area contributed by atoms with E-state index in [1.807, 2.05) is 13.0 Å². The summed E-state index contributed by atoms with van der Waals surface area (Å²) in [5.74, 6) is 1.11. The van der Waals surface area contributed by atoms with E-state index in [4.69, 9.17) is 4.42 Å². The largest absolute Gasteiger partial charge is 0.456 e. The van der Waals surface area contributed by atoms with Gasteiger partial charge < -0.3 is 9.73 Å². The Morgan fingerprint density at radius 3 is 2.78 bits per heavy atom. The van der Waals surface area contributed by atoms with E-state index in [0.29, 0.717) is 18.0 Å². The number of furan rings is 1. The van der Waals surface area contributed by atoms with Gasteiger partial charge in [-0.2, -0.15) is 0 Å². The van der Waals surface area contributed by atoms with E-state index in [-0.39, 0.29) is 5.82 Å². The third-order valence-electron chi connectivity index (χ3n) is 3.00. The first-order chi connectivity index (χ1) is 8.63. The van der Waals surface area contributed by atoms with Gasteiger partial charge in [0.05, 0.1) is 6.54 Å². The molecule has 0 aliphatic rings. The summed E-state index contributed by atoms with van der Waals surface area (Å²) in [4.78, 5) is 0. The molecule has 0 amide bonds. The molecule has 0 unspecified atom stereocenters. The maximum Gasteiger partial charge on any atom is 0.170 e. The summed E-state index contributed by atoms with van der Waals surface area (Å²) in [5.41, 5.74) is 1.53. The standard InChI is InChI=1S/C15H20FNO/c1-4-17-9-14-12(8-10(2)3)11-6-5-7-13(16)15(11)18-14/h5-7,10,17H,4,8-9H2,1-3H3. The van der Waals surface area contributed by atoms with Crippen molar-refractivity contribution in [3.8, 4) is 0 Å². The highest BCUT2D eigenvalue weighted by Crippen LogP contribution is 2.29. The summed E-state index contributed by atoms with van der Waals surface area (Å²) < 4.78 is 19.4. The van der Waals surface area contributed by atoms with Gasteiger partial charge in [-0.15, -0.1) is 0 Å². The second-order valence-electron chi connectivity index (χ2n) is 5.00. The van der Waals surface area contributed by atoms with Crippen LogP contribution in [0, 0.1) is 11.7 Å². The van der Waals surface area contributed by atoms with Crippen LogP contribution in [0.3, 0.4) is 0 Å². The molecule has 0 aliphatic heterocycles. The Morgan fingerprint density at radius 2 is 2.11 bits per heavy atom. The number of benzene rings is 1. The maximum atomic E-state index is 13.7. The molecular weight excluding hydrogens is 229 g/mol. The minimum absolute atomic E-state index is 0.278. The van der Waals surface area contributed by atoms with Crippen LogP contribution in [0.4, 0.5) is 4.39 Å². The van der Waals surface area contributed by atoms with Crippen molar-refractivity contribution >= 4 is 11.0 Å². The second kappa shape index (κ2) is 5.53. The van der Waals surface area contributed by atoms with E-state index in [1.54, 1.807) is 6.07 Å². The first-order valence-corrected chi connectivity index (χ1v) is 6.53. The van der Waals surface area contributed by atoms with E-state index < -0.39 is 0 Å². The molecule has 2 rings (SSSR count). The molecule has 0 aliphatic carbocycles. The first kappa shape index (κ1) is 13.1. The lowest BCUT2D eigenvalue weighted by atomic mass is 9.99. The Hall–Kier alpha value is -1.35. The van der Waals surface area contributed by atoms with Crippen molar-refractivity contribution < 1.29 is 8.81 Å². The molecule has 0 atom stereocenters. The average molecular weight is 249 g/mol. The molecule has 3 heteroatoms. The van der Waals surface area contributed by atoms with Crippen molar-refractivity contribution in [1.29, 1.82) is 0 Å². The number of halogens is 1. The molecule has 0 saturated carbocycles. The Kier molecular flexibility index (Phi) is 4.02. The van der Waals surface area contributed by atoms with Crippen LogP contribution in [0.2, 0.25) is 0 Å². The van der Waals surface area contributed by atoms with Gasteiger partial charge in [0.2, 0.25) is 0 Å². The molecule has 98 valence electrons. The molecule has 0 bridgehead atoms. The van der Waals surface area contributed by atoms with Crippen LogP contribution in [-0.2, 0) is 13.0 Å². The van der Waals surface area contributed by atoms with Gasteiger partial charge >= 0.3 is 0 Å². The Morgan fingerprint density at radius 1 is 1.33 bits per heavy atom. The summed E-state index contributed by atoms with van der Waals surface area (Å²) in [6.07, 6.45) is 0.914. The molecule has 1 aromatic heterocycles. The van der Waals surface area contributed by atoms with Crippen molar-refractivity contribution in [3.63, 3.8) is 0 Å². The van der Waals surface area contributed by atoms with Gasteiger partial charge in [-0.05, 0) is 24.9 Å². The SMILES string of the molecule is CCNCc1oc2c(F)cccc2c1CC(C)C. The first-order valence-electron chi connectivity index (χ1n) is 6.53. The smallest absolute Gasteiger partial charge is 0.170 e. The summed E-state index contributed by atoms with van der Waals surface area (Å²) in [6.45, 7) is 7.91. The fraction of sp³-hybridized carbons (Fsp3) is 0.467. The zero-order valence-corrected chi connectivity index (χ0v) is 11.2. The molecule has 1 aromatic carbocycles. The molecule has 0 saturated heterocycles. The van der Waals surface area contributed by atoms with Crippen molar-refractivity contribution in [3.05, 3.63) is 35.3 Å². The number of hydrogen-bond donors (Lipinski definition) is 1. The number of nitrogens with one attached hydrogen (secondary N) is 1. The summed E-state index contributed by atoms with van der Waals surface area (Å²) in [6, 6.07) is 5.13. The maximum absolute atomic E-state index is 13.7. The molecule has 0 radical (unpaired) electrons. The molecule has 0 fully saturated rings. The van der Waals surface area contributed by atoms with E-state index in [1.165, 1.54) is 6.07 Å². The number of hydrogen-bond acceptors (Lipinski definition) is 2. The summed E-state index contributed by atoms with van der Waals surface area (Å²) in [5, 5.41) is 4.16. The topological polar surface area (TPSA) is 25.2 Å². The van der Waals surface area contributed by atoms with Crippen molar-refractivity contribution in [2.75, 3.05) is 6.54 Å². The fourth-order valence-electron chi connectivity index (χ4n) is 2.20. The predicted octanol–water partition coefficient (Wildman–Crippen LogP) is 3.88. The second-order valence-corrected chi connectivity index (χ2v) is 5.00. The molecular formula is C15H20FNO. The van der Waals surface area contributed by atoms with Crippen LogP contribution in [0.25, 0.3) is 11.0 Å². The third kappa shape index (κ3) is 2.56. The zero-order chi connectivity index (χ0) is 13.1. The molecule has 18 heavy (non-hydrogen) atoms. The quantitative estimate of drug-likeness (QED) is 0.870. The highest BCUT2D eigenvalue weighted by molar-refractivity contribution is 5.82. The van der Waals surface area contributed by atoms with Crippen LogP contribution in [0.5, 0.6) is 0 Å². The zero-order valence-electron chi connectivity index (χ0n) is 11.2. The average Bonchev–Trinajstić information content (AvgIpc) is 2.66. The van der Waals surface area contributed by atoms with E-state index >= 15 is 0 Å². The van der Waals surface area contributed by atoms with Crippen molar-refractivity contribution in [1.82, 2.24) is 5.32 Å². The van der Waals surface area contributed by atoms with Crippen LogP contribution in [0.1, 0.15) is 32.1 Å². The van der Waals surface area contributed by atoms with Gasteiger partial charge in [0.25, 0.3) is 0 Å². The van der Waals surface area contributed by atoms with E-state index in [2.05, 4.69) is 19.2 Å². The van der Waals surface area contributed by atoms with Crippen LogP contribution < -0.4 is 5.32 Å². The van der Waals surface area contributed by atoms with Gasteiger partial charge in [0, 0.05) is 10.9 Å². The van der Waals surface area contributed by atoms with Crippen LogP contribution >= 0.6 is 0 Å². The van der Waals surface area contributed by atoms with Crippen molar-refractivity contribution in [2.24, 2.45) is 5.92 Å². The predicted molar refractivity (Wildman–Crippen MR) is 72.1 cm³/mol. The number of fused-ring (bicyclic) bond motifs is 1. The van der Waals surface area contributed by atoms with Crippen LogP contribution in [-0.4, -0.2) is 6.54 Å². The highest BCUT2D eigenvalue weighted by atomic mass is 19.1. The van der Waals surface area contributed by atoms with Gasteiger partial charge in [-0.1, -0.05) is 32.9 Å². The third-order valence-corrected chi connectivity index (χ3v) is 3.00. The lowest BCUT2D eigenvalue weighted by molar-refractivity contribution is 0.490. The molecule has 2 nitrogen and oxygen atoms in total. The van der Waals surface area contributed by atoms with E-state index in [0.717, 1.165) is 29.7 Å². The Balaban J connectivity index is 2.49. The van der Waals surface area contributed by atoms with Gasteiger partial charge in [-0.25, -0.2) is 4.39 Å². The normalized spacial score (nSPS) is 11.6. The molecule has 1 N–H and O–H groups in total. The van der Waals surface area contributed by atoms with Crippen molar-refractivity contribution in [2.45, 2.75) is 33.7 Å². The molecule has 2 aromatic rings. The van der Waals surface area contributed by atoms with E-state index in [9.17, 15) is 4.39 Å². The minimum Gasteiger partial charge on any atom is -0.456 e. The van der Waals surface area contributed by atoms with Gasteiger partial charge in [0.15, 0.2) is 11.4 Å². The van der Waals surface area contributed by atoms with Gasteiger partial charge in [-0.3, -0.25) is 0 Å². The fourth-order valence-corrected chi connectivity index (χ4v) is 2.20. The number of rotatable bonds is 5. The number of para-hydroxylation sites is 1. The minimum atomic E-state index is -0.278. The lowest BCUT2D eigenvalue weighted by Gasteiger charge is -2.06. The highest BCUT2D eigenvalue weighted by Gasteiger charge is 2.17. The molecule has 0 spiro atoms. The summed E-state index contributed by atoms with van der Waals surface area (Å²) >= 11 is 0. The lowest BCUT2D eigenvalue weighted by Crippen LogP contribution is -2.12. The Bertz CT molecular complexity index is 531. The monoisotopic (exact) mass is 249 g/mol. The van der Waals surface area contributed by atoms with Gasteiger partial charge in [0.1, 0.15) is 5.76 Å². The summed E-state index contributed by atoms with van der Waals surface area (Å²) in [7, 11) is 0. The molecule has 1 heterocycles.